The second-order valence-electron chi connectivity index (χ2n) is 7.48. The number of likely N-dealkylation sites (tertiary alicyclic amines) is 1. The van der Waals surface area contributed by atoms with E-state index in [1.54, 1.807) is 0 Å². The van der Waals surface area contributed by atoms with E-state index < -0.39 is 0 Å². The van der Waals surface area contributed by atoms with Gasteiger partial charge in [0.25, 0.3) is 6.01 Å². The van der Waals surface area contributed by atoms with Gasteiger partial charge in [0.05, 0.1) is 6.04 Å². The Balaban J connectivity index is 1.36. The molecule has 132 valence electrons. The summed E-state index contributed by atoms with van der Waals surface area (Å²) in [7, 11) is 0. The lowest BCUT2D eigenvalue weighted by molar-refractivity contribution is -0.118. The Morgan fingerprint density at radius 1 is 1.08 bits per heavy atom. The molecule has 3 aliphatic rings. The lowest BCUT2D eigenvalue weighted by Gasteiger charge is -2.33. The maximum absolute atomic E-state index is 11.2. The molecule has 1 unspecified atom stereocenters. The molecule has 3 heterocycles. The quantitative estimate of drug-likeness (QED) is 0.800. The van der Waals surface area contributed by atoms with Gasteiger partial charge in [0.15, 0.2) is 5.58 Å². The summed E-state index contributed by atoms with van der Waals surface area (Å²) in [6.07, 6.45) is 5.79. The summed E-state index contributed by atoms with van der Waals surface area (Å²) >= 11 is 0. The fourth-order valence-electron chi connectivity index (χ4n) is 4.27. The average Bonchev–Trinajstić information content (AvgIpc) is 3.24. The van der Waals surface area contributed by atoms with Gasteiger partial charge in [-0.3, -0.25) is 9.69 Å². The third-order valence-corrected chi connectivity index (χ3v) is 5.86. The number of benzene rings is 1. The Morgan fingerprint density at radius 2 is 1.92 bits per heavy atom. The topological polar surface area (TPSA) is 52.8 Å². The molecule has 5 rings (SSSR count). The molecular formula is C19H24N4O2. The van der Waals surface area contributed by atoms with Crippen LogP contribution in [0.3, 0.4) is 0 Å². The van der Waals surface area contributed by atoms with Crippen LogP contribution in [-0.4, -0.2) is 60.0 Å². The Morgan fingerprint density at radius 3 is 2.68 bits per heavy atom. The van der Waals surface area contributed by atoms with E-state index in [9.17, 15) is 4.79 Å². The molecule has 1 aliphatic carbocycles. The first-order chi connectivity index (χ1) is 12.3. The molecule has 2 aliphatic heterocycles. The zero-order chi connectivity index (χ0) is 16.8. The van der Waals surface area contributed by atoms with Crippen molar-refractivity contribution >= 4 is 23.5 Å². The number of hydrogen-bond acceptors (Lipinski definition) is 5. The molecule has 6 heteroatoms. The molecule has 0 spiro atoms. The number of fused-ring (bicyclic) bond motifs is 1. The van der Waals surface area contributed by atoms with Gasteiger partial charge in [0.1, 0.15) is 5.52 Å². The first-order valence-corrected chi connectivity index (χ1v) is 9.42. The molecule has 0 N–H and O–H groups in total. The summed E-state index contributed by atoms with van der Waals surface area (Å²) in [5.74, 6) is 0. The number of oxazole rings is 1. The number of carbonyl (C=O) groups is 1. The standard InChI is InChI=1S/C19H24N4O2/c24-13-23-7-1-2-17(23)14-3-6-18-16(12-14)20-19(25-18)22-10-8-21(9-11-22)15-4-5-15/h3,6,12-13,15,17H,1-2,4-5,7-11H2. The van der Waals surface area contributed by atoms with Crippen LogP contribution < -0.4 is 4.90 Å². The maximum atomic E-state index is 11.2. The van der Waals surface area contributed by atoms with E-state index in [1.807, 2.05) is 11.0 Å². The average molecular weight is 340 g/mol. The van der Waals surface area contributed by atoms with Crippen LogP contribution >= 0.6 is 0 Å². The number of rotatable bonds is 4. The number of aromatic nitrogens is 1. The highest BCUT2D eigenvalue weighted by Gasteiger charge is 2.32. The van der Waals surface area contributed by atoms with E-state index >= 15 is 0 Å². The summed E-state index contributed by atoms with van der Waals surface area (Å²) < 4.78 is 6.00. The molecule has 0 radical (unpaired) electrons. The number of hydrogen-bond donors (Lipinski definition) is 0. The molecule has 0 bridgehead atoms. The van der Waals surface area contributed by atoms with Gasteiger partial charge >= 0.3 is 0 Å². The summed E-state index contributed by atoms with van der Waals surface area (Å²) in [6.45, 7) is 5.02. The van der Waals surface area contributed by atoms with E-state index in [2.05, 4.69) is 21.9 Å². The second kappa shape index (κ2) is 6.02. The summed E-state index contributed by atoms with van der Waals surface area (Å²) in [5.41, 5.74) is 2.89. The minimum atomic E-state index is 0.184. The molecule has 1 saturated carbocycles. The molecule has 1 atom stereocenters. The molecule has 25 heavy (non-hydrogen) atoms. The summed E-state index contributed by atoms with van der Waals surface area (Å²) in [6, 6.07) is 7.93. The van der Waals surface area contributed by atoms with Crippen molar-refractivity contribution in [2.24, 2.45) is 0 Å². The number of anilines is 1. The van der Waals surface area contributed by atoms with Crippen LogP contribution in [0.2, 0.25) is 0 Å². The van der Waals surface area contributed by atoms with Gasteiger partial charge in [-0.2, -0.15) is 4.98 Å². The predicted molar refractivity (Wildman–Crippen MR) is 95.6 cm³/mol. The van der Waals surface area contributed by atoms with Crippen LogP contribution in [0.15, 0.2) is 22.6 Å². The van der Waals surface area contributed by atoms with Crippen molar-refractivity contribution in [2.45, 2.75) is 37.8 Å². The van der Waals surface area contributed by atoms with Crippen molar-refractivity contribution in [1.29, 1.82) is 0 Å². The first kappa shape index (κ1) is 15.2. The van der Waals surface area contributed by atoms with Crippen LogP contribution in [0, 0.1) is 0 Å². The van der Waals surface area contributed by atoms with Gasteiger partial charge in [0, 0.05) is 38.8 Å². The SMILES string of the molecule is O=CN1CCCC1c1ccc2oc(N3CCN(C4CC4)CC3)nc2c1. The highest BCUT2D eigenvalue weighted by atomic mass is 16.4. The van der Waals surface area contributed by atoms with Gasteiger partial charge in [0.2, 0.25) is 6.41 Å². The van der Waals surface area contributed by atoms with Gasteiger partial charge in [-0.25, -0.2) is 0 Å². The third kappa shape index (κ3) is 2.78. The molecule has 6 nitrogen and oxygen atoms in total. The minimum Gasteiger partial charge on any atom is -0.423 e. The minimum absolute atomic E-state index is 0.184. The lowest BCUT2D eigenvalue weighted by atomic mass is 10.0. The van der Waals surface area contributed by atoms with E-state index in [4.69, 9.17) is 9.40 Å². The summed E-state index contributed by atoms with van der Waals surface area (Å²) in [5, 5.41) is 0. The van der Waals surface area contributed by atoms with Crippen molar-refractivity contribution in [1.82, 2.24) is 14.8 Å². The fourth-order valence-corrected chi connectivity index (χ4v) is 4.27. The Labute approximate surface area is 147 Å². The molecule has 2 saturated heterocycles. The summed E-state index contributed by atoms with van der Waals surface area (Å²) in [4.78, 5) is 22.7. The van der Waals surface area contributed by atoms with Gasteiger partial charge in [-0.15, -0.1) is 0 Å². The Bertz CT molecular complexity index is 777. The fraction of sp³-hybridized carbons (Fsp3) is 0.579. The lowest BCUT2D eigenvalue weighted by Crippen LogP contribution is -2.47. The van der Waals surface area contributed by atoms with Gasteiger partial charge < -0.3 is 14.2 Å². The number of amides is 1. The van der Waals surface area contributed by atoms with Crippen molar-refractivity contribution in [2.75, 3.05) is 37.6 Å². The zero-order valence-corrected chi connectivity index (χ0v) is 14.4. The Hall–Kier alpha value is -2.08. The molecule has 1 aromatic carbocycles. The highest BCUT2D eigenvalue weighted by molar-refractivity contribution is 5.75. The predicted octanol–water partition coefficient (Wildman–Crippen LogP) is 2.41. The smallest absolute Gasteiger partial charge is 0.298 e. The van der Waals surface area contributed by atoms with Gasteiger partial charge in [-0.05, 0) is 43.4 Å². The highest BCUT2D eigenvalue weighted by Crippen LogP contribution is 2.33. The normalized spacial score (nSPS) is 25.0. The first-order valence-electron chi connectivity index (χ1n) is 9.42. The van der Waals surface area contributed by atoms with E-state index in [1.165, 1.54) is 12.8 Å². The van der Waals surface area contributed by atoms with Crippen LogP contribution in [0.25, 0.3) is 11.1 Å². The third-order valence-electron chi connectivity index (χ3n) is 5.86. The van der Waals surface area contributed by atoms with Crippen LogP contribution in [0.5, 0.6) is 0 Å². The number of piperazine rings is 1. The van der Waals surface area contributed by atoms with Crippen LogP contribution in [-0.2, 0) is 4.79 Å². The van der Waals surface area contributed by atoms with Crippen molar-refractivity contribution < 1.29 is 9.21 Å². The zero-order valence-electron chi connectivity index (χ0n) is 14.4. The van der Waals surface area contributed by atoms with E-state index in [0.717, 1.165) is 80.7 Å². The number of nitrogens with zero attached hydrogens (tertiary/aromatic N) is 4. The molecule has 3 fully saturated rings. The second-order valence-corrected chi connectivity index (χ2v) is 7.48. The molecular weight excluding hydrogens is 316 g/mol. The number of carbonyl (C=O) groups excluding carboxylic acids is 1. The molecule has 2 aromatic rings. The van der Waals surface area contributed by atoms with Crippen molar-refractivity contribution in [3.8, 4) is 0 Å². The van der Waals surface area contributed by atoms with Crippen molar-refractivity contribution in [3.05, 3.63) is 23.8 Å². The van der Waals surface area contributed by atoms with Gasteiger partial charge in [-0.1, -0.05) is 6.07 Å². The Kier molecular flexibility index (Phi) is 3.66. The monoisotopic (exact) mass is 340 g/mol. The largest absolute Gasteiger partial charge is 0.423 e. The van der Waals surface area contributed by atoms with Crippen molar-refractivity contribution in [3.63, 3.8) is 0 Å². The van der Waals surface area contributed by atoms with E-state index in [0.29, 0.717) is 0 Å². The van der Waals surface area contributed by atoms with E-state index in [-0.39, 0.29) is 6.04 Å². The van der Waals surface area contributed by atoms with Crippen LogP contribution in [0.4, 0.5) is 6.01 Å². The maximum Gasteiger partial charge on any atom is 0.298 e. The van der Waals surface area contributed by atoms with Crippen LogP contribution in [0.1, 0.15) is 37.3 Å². The molecule has 1 amide bonds. The molecule has 1 aromatic heterocycles.